The molecule has 0 bridgehead atoms. The van der Waals surface area contributed by atoms with Gasteiger partial charge in [-0.15, -0.1) is 0 Å². The molecular formula is C17H22N2O3. The minimum Gasteiger partial charge on any atom is -0.481 e. The second-order valence-corrected chi connectivity index (χ2v) is 6.22. The van der Waals surface area contributed by atoms with Crippen LogP contribution >= 0.6 is 0 Å². The molecule has 2 aliphatic rings. The Bertz CT molecular complexity index is 587. The van der Waals surface area contributed by atoms with Crippen molar-refractivity contribution in [1.82, 2.24) is 4.90 Å². The number of benzene rings is 1. The van der Waals surface area contributed by atoms with E-state index in [1.807, 2.05) is 34.9 Å². The van der Waals surface area contributed by atoms with Gasteiger partial charge in [0.2, 0.25) is 5.91 Å². The van der Waals surface area contributed by atoms with Crippen LogP contribution in [0.5, 0.6) is 0 Å². The van der Waals surface area contributed by atoms with Crippen molar-refractivity contribution in [2.24, 2.45) is 5.92 Å². The lowest BCUT2D eigenvalue weighted by Gasteiger charge is -2.36. The highest BCUT2D eigenvalue weighted by atomic mass is 16.4. The maximum Gasteiger partial charge on any atom is 0.307 e. The molecule has 3 rings (SSSR count). The maximum absolute atomic E-state index is 12.8. The largest absolute Gasteiger partial charge is 0.481 e. The van der Waals surface area contributed by atoms with Crippen LogP contribution in [-0.4, -0.2) is 47.6 Å². The van der Waals surface area contributed by atoms with E-state index in [1.165, 1.54) is 5.56 Å². The predicted molar refractivity (Wildman–Crippen MR) is 83.9 cm³/mol. The van der Waals surface area contributed by atoms with Gasteiger partial charge >= 0.3 is 5.97 Å². The summed E-state index contributed by atoms with van der Waals surface area (Å²) in [5.41, 5.74) is 2.22. The number of hydrogen-bond acceptors (Lipinski definition) is 3. The standard InChI is InChI=1S/C17H22N2O3/c1-12(18-9-4-6-14(11-18)17(21)22)16(20)19-10-8-13-5-2-3-7-15(13)19/h2-3,5,7,12,14H,4,6,8-11H2,1H3,(H,21,22). The van der Waals surface area contributed by atoms with E-state index < -0.39 is 5.97 Å². The number of aliphatic carboxylic acids is 1. The molecule has 0 spiro atoms. The SMILES string of the molecule is CC(C(=O)N1CCc2ccccc21)N1CCCC(C(=O)O)C1. The molecule has 1 aromatic rings. The Morgan fingerprint density at radius 2 is 2.05 bits per heavy atom. The number of carboxylic acid groups (broad SMARTS) is 1. The molecule has 1 N–H and O–H groups in total. The minimum atomic E-state index is -0.754. The van der Waals surface area contributed by atoms with Crippen LogP contribution in [0.2, 0.25) is 0 Å². The summed E-state index contributed by atoms with van der Waals surface area (Å²) in [5, 5.41) is 9.20. The number of carbonyl (C=O) groups excluding carboxylic acids is 1. The van der Waals surface area contributed by atoms with Crippen molar-refractivity contribution in [3.63, 3.8) is 0 Å². The Kier molecular flexibility index (Phi) is 4.16. The molecule has 1 aromatic carbocycles. The Hall–Kier alpha value is -1.88. The minimum absolute atomic E-state index is 0.0796. The van der Waals surface area contributed by atoms with Gasteiger partial charge in [-0.1, -0.05) is 18.2 Å². The molecule has 2 unspecified atom stereocenters. The van der Waals surface area contributed by atoms with Crippen LogP contribution in [0.25, 0.3) is 0 Å². The number of likely N-dealkylation sites (tertiary alicyclic amines) is 1. The summed E-state index contributed by atoms with van der Waals surface area (Å²) in [6, 6.07) is 7.74. The highest BCUT2D eigenvalue weighted by Gasteiger charge is 2.34. The van der Waals surface area contributed by atoms with Gasteiger partial charge in [0.05, 0.1) is 12.0 Å². The molecule has 2 heterocycles. The van der Waals surface area contributed by atoms with Gasteiger partial charge in [-0.3, -0.25) is 14.5 Å². The molecule has 0 aromatic heterocycles. The van der Waals surface area contributed by atoms with Crippen LogP contribution < -0.4 is 4.90 Å². The fraction of sp³-hybridized carbons (Fsp3) is 0.529. The van der Waals surface area contributed by atoms with E-state index in [0.717, 1.165) is 31.6 Å². The van der Waals surface area contributed by atoms with Gasteiger partial charge < -0.3 is 10.0 Å². The highest BCUT2D eigenvalue weighted by molar-refractivity contribution is 5.98. The monoisotopic (exact) mass is 302 g/mol. The van der Waals surface area contributed by atoms with Gasteiger partial charge in [0.15, 0.2) is 0 Å². The smallest absolute Gasteiger partial charge is 0.307 e. The number of carboxylic acids is 1. The van der Waals surface area contributed by atoms with Crippen molar-refractivity contribution in [2.45, 2.75) is 32.2 Å². The molecule has 2 aliphatic heterocycles. The third-order valence-corrected chi connectivity index (χ3v) is 4.86. The number of piperidine rings is 1. The van der Waals surface area contributed by atoms with Crippen LogP contribution in [0.4, 0.5) is 5.69 Å². The van der Waals surface area contributed by atoms with Crippen LogP contribution in [0.1, 0.15) is 25.3 Å². The number of amides is 1. The summed E-state index contributed by atoms with van der Waals surface area (Å²) in [4.78, 5) is 27.9. The zero-order chi connectivity index (χ0) is 15.7. The van der Waals surface area contributed by atoms with E-state index in [0.29, 0.717) is 13.0 Å². The van der Waals surface area contributed by atoms with Crippen molar-refractivity contribution < 1.29 is 14.7 Å². The number of carbonyl (C=O) groups is 2. The van der Waals surface area contributed by atoms with E-state index in [-0.39, 0.29) is 17.9 Å². The first-order valence-corrected chi connectivity index (χ1v) is 7.94. The van der Waals surface area contributed by atoms with Crippen molar-refractivity contribution in [1.29, 1.82) is 0 Å². The zero-order valence-electron chi connectivity index (χ0n) is 12.9. The van der Waals surface area contributed by atoms with Crippen molar-refractivity contribution in [2.75, 3.05) is 24.5 Å². The van der Waals surface area contributed by atoms with Gasteiger partial charge in [0.1, 0.15) is 0 Å². The molecule has 118 valence electrons. The second-order valence-electron chi connectivity index (χ2n) is 6.22. The Labute approximate surface area is 130 Å². The first kappa shape index (κ1) is 15.0. The molecule has 1 saturated heterocycles. The normalized spacial score (nSPS) is 23.1. The molecule has 22 heavy (non-hydrogen) atoms. The van der Waals surface area contributed by atoms with Gasteiger partial charge in [0, 0.05) is 18.8 Å². The number of nitrogens with zero attached hydrogens (tertiary/aromatic N) is 2. The van der Waals surface area contributed by atoms with Gasteiger partial charge in [-0.2, -0.15) is 0 Å². The van der Waals surface area contributed by atoms with Gasteiger partial charge in [0.25, 0.3) is 0 Å². The van der Waals surface area contributed by atoms with Crippen LogP contribution in [0, 0.1) is 5.92 Å². The van der Waals surface area contributed by atoms with E-state index in [1.54, 1.807) is 0 Å². The summed E-state index contributed by atoms with van der Waals surface area (Å²) in [6.07, 6.45) is 2.44. The number of para-hydroxylation sites is 1. The molecule has 2 atom stereocenters. The van der Waals surface area contributed by atoms with Crippen molar-refractivity contribution >= 4 is 17.6 Å². The topological polar surface area (TPSA) is 60.9 Å². The molecule has 5 heteroatoms. The predicted octanol–water partition coefficient (Wildman–Crippen LogP) is 1.76. The zero-order valence-corrected chi connectivity index (χ0v) is 12.9. The second kappa shape index (κ2) is 6.08. The third-order valence-electron chi connectivity index (χ3n) is 4.86. The summed E-state index contributed by atoms with van der Waals surface area (Å²) in [6.45, 7) is 3.89. The van der Waals surface area contributed by atoms with E-state index in [2.05, 4.69) is 6.07 Å². The lowest BCUT2D eigenvalue weighted by molar-refractivity contribution is -0.144. The lowest BCUT2D eigenvalue weighted by Crippen LogP contribution is -2.51. The van der Waals surface area contributed by atoms with Gasteiger partial charge in [-0.05, 0) is 44.4 Å². The maximum atomic E-state index is 12.8. The van der Waals surface area contributed by atoms with E-state index in [9.17, 15) is 14.7 Å². The van der Waals surface area contributed by atoms with Crippen molar-refractivity contribution in [3.8, 4) is 0 Å². The molecule has 0 radical (unpaired) electrons. The van der Waals surface area contributed by atoms with Crippen LogP contribution in [-0.2, 0) is 16.0 Å². The number of anilines is 1. The Morgan fingerprint density at radius 3 is 2.82 bits per heavy atom. The molecule has 0 aliphatic carbocycles. The highest BCUT2D eigenvalue weighted by Crippen LogP contribution is 2.29. The lowest BCUT2D eigenvalue weighted by atomic mass is 9.97. The van der Waals surface area contributed by atoms with E-state index >= 15 is 0 Å². The molecule has 0 saturated carbocycles. The summed E-state index contributed by atoms with van der Waals surface area (Å²) < 4.78 is 0. The van der Waals surface area contributed by atoms with Crippen LogP contribution in [0.3, 0.4) is 0 Å². The van der Waals surface area contributed by atoms with Gasteiger partial charge in [-0.25, -0.2) is 0 Å². The Balaban J connectivity index is 1.71. The third kappa shape index (κ3) is 2.73. The summed E-state index contributed by atoms with van der Waals surface area (Å²) in [5.74, 6) is -1.03. The molecule has 5 nitrogen and oxygen atoms in total. The summed E-state index contributed by atoms with van der Waals surface area (Å²) >= 11 is 0. The molecular weight excluding hydrogens is 280 g/mol. The average molecular weight is 302 g/mol. The fourth-order valence-electron chi connectivity index (χ4n) is 3.51. The summed E-state index contributed by atoms with van der Waals surface area (Å²) in [7, 11) is 0. The number of rotatable bonds is 3. The quantitative estimate of drug-likeness (QED) is 0.924. The molecule has 1 amide bonds. The molecule has 1 fully saturated rings. The number of fused-ring (bicyclic) bond motifs is 1. The first-order chi connectivity index (χ1) is 10.6. The fourth-order valence-corrected chi connectivity index (χ4v) is 3.51. The number of hydrogen-bond donors (Lipinski definition) is 1. The Morgan fingerprint density at radius 1 is 1.27 bits per heavy atom. The first-order valence-electron chi connectivity index (χ1n) is 7.94. The van der Waals surface area contributed by atoms with Crippen molar-refractivity contribution in [3.05, 3.63) is 29.8 Å². The van der Waals surface area contributed by atoms with Crippen LogP contribution in [0.15, 0.2) is 24.3 Å². The average Bonchev–Trinajstić information content (AvgIpc) is 2.97. The van der Waals surface area contributed by atoms with E-state index in [4.69, 9.17) is 0 Å².